The second-order valence-corrected chi connectivity index (χ2v) is 5.23. The van der Waals surface area contributed by atoms with E-state index in [1.54, 1.807) is 13.2 Å². The van der Waals surface area contributed by atoms with Crippen molar-refractivity contribution in [3.63, 3.8) is 0 Å². The van der Waals surface area contributed by atoms with Crippen LogP contribution in [0, 0.1) is 0 Å². The summed E-state index contributed by atoms with van der Waals surface area (Å²) in [5.41, 5.74) is 6.96. The molecule has 2 heterocycles. The summed E-state index contributed by atoms with van der Waals surface area (Å²) < 4.78 is 11.1. The van der Waals surface area contributed by atoms with Crippen LogP contribution < -0.4 is 20.5 Å². The largest absolute Gasteiger partial charge is 0.496 e. The third-order valence-electron chi connectivity index (χ3n) is 4.20. The minimum Gasteiger partial charge on any atom is -0.496 e. The van der Waals surface area contributed by atoms with Gasteiger partial charge in [-0.1, -0.05) is 0 Å². The van der Waals surface area contributed by atoms with Gasteiger partial charge in [-0.15, -0.1) is 0 Å². The van der Waals surface area contributed by atoms with Crippen LogP contribution in [0.4, 0.5) is 0 Å². The van der Waals surface area contributed by atoms with Gasteiger partial charge in [0.2, 0.25) is 0 Å². The van der Waals surface area contributed by atoms with E-state index in [2.05, 4.69) is 5.32 Å². The van der Waals surface area contributed by atoms with Gasteiger partial charge in [-0.3, -0.25) is 4.79 Å². The monoisotopic (exact) mass is 262 g/mol. The van der Waals surface area contributed by atoms with E-state index >= 15 is 0 Å². The van der Waals surface area contributed by atoms with Gasteiger partial charge in [-0.05, 0) is 38.1 Å². The highest BCUT2D eigenvalue weighted by atomic mass is 16.5. The van der Waals surface area contributed by atoms with Crippen molar-refractivity contribution >= 4 is 5.91 Å². The lowest BCUT2D eigenvalue weighted by atomic mass is 9.74. The van der Waals surface area contributed by atoms with Crippen LogP contribution in [-0.2, 0) is 5.41 Å². The van der Waals surface area contributed by atoms with Gasteiger partial charge in [-0.2, -0.15) is 0 Å². The van der Waals surface area contributed by atoms with Gasteiger partial charge in [0.15, 0.2) is 0 Å². The highest BCUT2D eigenvalue weighted by molar-refractivity contribution is 5.96. The van der Waals surface area contributed by atoms with Crippen LogP contribution in [0.25, 0.3) is 0 Å². The number of amides is 1. The molecular weight excluding hydrogens is 244 g/mol. The third-order valence-corrected chi connectivity index (χ3v) is 4.20. The van der Waals surface area contributed by atoms with Gasteiger partial charge in [-0.25, -0.2) is 0 Å². The number of methoxy groups -OCH3 is 1. The lowest BCUT2D eigenvalue weighted by Crippen LogP contribution is -2.40. The molecule has 5 nitrogen and oxygen atoms in total. The topological polar surface area (TPSA) is 73.6 Å². The molecule has 102 valence electrons. The molecule has 1 aromatic carbocycles. The average molecular weight is 262 g/mol. The van der Waals surface area contributed by atoms with E-state index in [1.807, 2.05) is 6.07 Å². The van der Waals surface area contributed by atoms with Gasteiger partial charge in [0.05, 0.1) is 19.3 Å². The summed E-state index contributed by atoms with van der Waals surface area (Å²) in [4.78, 5) is 11.4. The molecule has 0 atom stereocenters. The molecule has 0 bridgehead atoms. The molecule has 1 amide bonds. The minimum absolute atomic E-state index is 0.0596. The molecule has 1 fully saturated rings. The van der Waals surface area contributed by atoms with Crippen molar-refractivity contribution in [3.8, 4) is 11.5 Å². The van der Waals surface area contributed by atoms with Gasteiger partial charge in [0, 0.05) is 11.0 Å². The zero-order valence-electron chi connectivity index (χ0n) is 11.0. The van der Waals surface area contributed by atoms with Crippen LogP contribution in [0.1, 0.15) is 28.8 Å². The number of carbonyl (C=O) groups excluding carboxylic acids is 1. The second-order valence-electron chi connectivity index (χ2n) is 5.23. The molecule has 3 N–H and O–H groups in total. The molecule has 19 heavy (non-hydrogen) atoms. The van der Waals surface area contributed by atoms with E-state index in [-0.39, 0.29) is 5.41 Å². The predicted molar refractivity (Wildman–Crippen MR) is 70.8 cm³/mol. The lowest BCUT2D eigenvalue weighted by Gasteiger charge is -2.32. The van der Waals surface area contributed by atoms with Crippen LogP contribution in [0.5, 0.6) is 11.5 Å². The third kappa shape index (κ3) is 1.85. The molecular formula is C14H18N2O3. The summed E-state index contributed by atoms with van der Waals surface area (Å²) in [5, 5.41) is 3.36. The maximum absolute atomic E-state index is 11.4. The number of hydrogen-bond donors (Lipinski definition) is 2. The molecule has 3 rings (SSSR count). The summed E-state index contributed by atoms with van der Waals surface area (Å²) in [5.74, 6) is 0.820. The Morgan fingerprint density at radius 1 is 1.42 bits per heavy atom. The number of carbonyl (C=O) groups is 1. The molecule has 0 unspecified atom stereocenters. The number of primary amides is 1. The molecule has 1 spiro atoms. The summed E-state index contributed by atoms with van der Waals surface area (Å²) in [6, 6.07) is 3.64. The number of nitrogens with two attached hydrogens (primary N) is 1. The predicted octanol–water partition coefficient (Wildman–Crippen LogP) is 0.808. The zero-order valence-corrected chi connectivity index (χ0v) is 11.0. The zero-order chi connectivity index (χ0) is 13.5. The van der Waals surface area contributed by atoms with Crippen LogP contribution in [0.2, 0.25) is 0 Å². The number of hydrogen-bond acceptors (Lipinski definition) is 4. The van der Waals surface area contributed by atoms with Crippen molar-refractivity contribution < 1.29 is 14.3 Å². The quantitative estimate of drug-likeness (QED) is 0.827. The first kappa shape index (κ1) is 12.3. The highest BCUT2D eigenvalue weighted by Crippen LogP contribution is 2.46. The molecule has 5 heteroatoms. The van der Waals surface area contributed by atoms with Gasteiger partial charge in [0.1, 0.15) is 11.5 Å². The van der Waals surface area contributed by atoms with Crippen molar-refractivity contribution in [2.24, 2.45) is 5.73 Å². The normalized spacial score (nSPS) is 19.8. The molecule has 1 aromatic rings. The van der Waals surface area contributed by atoms with E-state index in [9.17, 15) is 4.79 Å². The number of ether oxygens (including phenoxy) is 2. The fourth-order valence-electron chi connectivity index (χ4n) is 3.07. The first-order valence-electron chi connectivity index (χ1n) is 6.52. The van der Waals surface area contributed by atoms with Gasteiger partial charge < -0.3 is 20.5 Å². The van der Waals surface area contributed by atoms with E-state index in [0.29, 0.717) is 17.9 Å². The Morgan fingerprint density at radius 3 is 2.79 bits per heavy atom. The summed E-state index contributed by atoms with van der Waals surface area (Å²) >= 11 is 0. The molecule has 2 aliphatic rings. The number of rotatable bonds is 2. The highest BCUT2D eigenvalue weighted by Gasteiger charge is 2.42. The Hall–Kier alpha value is -1.75. The van der Waals surface area contributed by atoms with Gasteiger partial charge >= 0.3 is 0 Å². The fraction of sp³-hybridized carbons (Fsp3) is 0.500. The van der Waals surface area contributed by atoms with Crippen LogP contribution in [-0.4, -0.2) is 32.7 Å². The number of benzene rings is 1. The van der Waals surface area contributed by atoms with E-state index in [0.717, 1.165) is 37.2 Å². The number of fused-ring (bicyclic) bond motifs is 2. The smallest absolute Gasteiger partial charge is 0.252 e. The minimum atomic E-state index is -0.491. The first-order valence-corrected chi connectivity index (χ1v) is 6.52. The Kier molecular flexibility index (Phi) is 2.86. The lowest BCUT2D eigenvalue weighted by molar-refractivity contribution is 0.0997. The maximum Gasteiger partial charge on any atom is 0.252 e. The van der Waals surface area contributed by atoms with Crippen molar-refractivity contribution in [3.05, 3.63) is 23.3 Å². The van der Waals surface area contributed by atoms with E-state index < -0.39 is 5.91 Å². The Labute approximate surface area is 112 Å². The standard InChI is InChI=1S/C14H18N2O3/c1-18-11-7-10-12(6-9(11)13(15)17)19-8-14(10)2-4-16-5-3-14/h6-7,16H,2-5,8H2,1H3,(H2,15,17). The molecule has 0 aliphatic carbocycles. The second kappa shape index (κ2) is 4.42. The molecule has 1 saturated heterocycles. The van der Waals surface area contributed by atoms with Crippen LogP contribution >= 0.6 is 0 Å². The Morgan fingerprint density at radius 2 is 2.16 bits per heavy atom. The maximum atomic E-state index is 11.4. The Balaban J connectivity index is 2.08. The first-order chi connectivity index (χ1) is 9.16. The molecule has 0 saturated carbocycles. The van der Waals surface area contributed by atoms with Gasteiger partial charge in [0.25, 0.3) is 5.91 Å². The molecule has 0 aromatic heterocycles. The fourth-order valence-corrected chi connectivity index (χ4v) is 3.07. The summed E-state index contributed by atoms with van der Waals surface area (Å²) in [6.07, 6.45) is 2.08. The van der Waals surface area contributed by atoms with Crippen molar-refractivity contribution in [1.82, 2.24) is 5.32 Å². The van der Waals surface area contributed by atoms with E-state index in [1.165, 1.54) is 0 Å². The van der Waals surface area contributed by atoms with E-state index in [4.69, 9.17) is 15.2 Å². The Bertz CT molecular complexity index is 522. The number of piperidine rings is 1. The number of nitrogens with one attached hydrogen (secondary N) is 1. The molecule has 0 radical (unpaired) electrons. The van der Waals surface area contributed by atoms with Crippen molar-refractivity contribution in [2.75, 3.05) is 26.8 Å². The molecule has 2 aliphatic heterocycles. The van der Waals surface area contributed by atoms with Crippen LogP contribution in [0.3, 0.4) is 0 Å². The summed E-state index contributed by atoms with van der Waals surface area (Å²) in [6.45, 7) is 2.65. The van der Waals surface area contributed by atoms with Crippen molar-refractivity contribution in [2.45, 2.75) is 18.3 Å². The van der Waals surface area contributed by atoms with Crippen molar-refractivity contribution in [1.29, 1.82) is 0 Å². The van der Waals surface area contributed by atoms with Crippen LogP contribution in [0.15, 0.2) is 12.1 Å². The average Bonchev–Trinajstić information content (AvgIpc) is 2.76. The SMILES string of the molecule is COc1cc2c(cc1C(N)=O)OCC21CCNCC1. The summed E-state index contributed by atoms with van der Waals surface area (Å²) in [7, 11) is 1.55.